The molecule has 3 rings (SSSR count). The monoisotopic (exact) mass is 390 g/mol. The van der Waals surface area contributed by atoms with Crippen LogP contribution in [0.15, 0.2) is 32.8 Å². The van der Waals surface area contributed by atoms with E-state index in [1.54, 1.807) is 25.1 Å². The van der Waals surface area contributed by atoms with Crippen molar-refractivity contribution in [1.29, 1.82) is 0 Å². The van der Waals surface area contributed by atoms with E-state index in [4.69, 9.17) is 6.42 Å². The molecule has 0 atom stereocenters. The Balaban J connectivity index is 1.64. The molecule has 1 aromatic carbocycles. The van der Waals surface area contributed by atoms with Crippen LogP contribution in [-0.2, 0) is 14.6 Å². The maximum atomic E-state index is 12.2. The van der Waals surface area contributed by atoms with Crippen LogP contribution in [0.1, 0.15) is 32.6 Å². The molecular weight excluding hydrogens is 372 g/mol. The van der Waals surface area contributed by atoms with Crippen molar-refractivity contribution in [3.63, 3.8) is 0 Å². The number of fused-ring (bicyclic) bond motifs is 1. The van der Waals surface area contributed by atoms with Crippen molar-refractivity contribution in [2.24, 2.45) is 10.2 Å². The number of anilines is 1. The number of rotatable bonds is 8. The van der Waals surface area contributed by atoms with Gasteiger partial charge < -0.3 is 5.32 Å². The first-order valence-corrected chi connectivity index (χ1v) is 10.6. The average Bonchev–Trinajstić information content (AvgIpc) is 3.27. The van der Waals surface area contributed by atoms with Crippen molar-refractivity contribution < 1.29 is 13.2 Å². The van der Waals surface area contributed by atoms with Gasteiger partial charge in [0.15, 0.2) is 5.66 Å². The highest BCUT2D eigenvalue weighted by Gasteiger charge is 2.39. The maximum Gasteiger partial charge on any atom is 0.224 e. The Morgan fingerprint density at radius 1 is 1.35 bits per heavy atom. The predicted molar refractivity (Wildman–Crippen MR) is 101 cm³/mol. The van der Waals surface area contributed by atoms with Gasteiger partial charge in [-0.1, -0.05) is 6.92 Å². The highest BCUT2D eigenvalue weighted by Crippen LogP contribution is 2.37. The van der Waals surface area contributed by atoms with Crippen LogP contribution < -0.4 is 5.32 Å². The van der Waals surface area contributed by atoms with E-state index in [2.05, 4.69) is 26.4 Å². The van der Waals surface area contributed by atoms with Crippen LogP contribution in [0.25, 0.3) is 10.2 Å². The molecule has 0 spiro atoms. The average molecular weight is 390 g/mol. The molecule has 0 aliphatic carbocycles. The van der Waals surface area contributed by atoms with Crippen molar-refractivity contribution >= 4 is 43.0 Å². The van der Waals surface area contributed by atoms with E-state index in [1.165, 1.54) is 0 Å². The largest absolute Gasteiger partial charge is 0.326 e. The number of carbonyl (C=O) groups excluding carboxylic acids is 1. The minimum atomic E-state index is -3.34. The lowest BCUT2D eigenvalue weighted by atomic mass is 10.0. The Morgan fingerprint density at radius 3 is 2.77 bits per heavy atom. The van der Waals surface area contributed by atoms with Gasteiger partial charge in [-0.25, -0.2) is 13.4 Å². The second kappa shape index (κ2) is 7.13. The van der Waals surface area contributed by atoms with Crippen LogP contribution in [0, 0.1) is 12.3 Å². The molecule has 0 saturated carbocycles. The van der Waals surface area contributed by atoms with Crippen molar-refractivity contribution in [2.75, 3.05) is 11.1 Å². The van der Waals surface area contributed by atoms with E-state index in [0.29, 0.717) is 35.2 Å². The standard InChI is InChI=1S/C17H18N4O3S2/c1-3-5-9-17(20-21-17)10-8-15(22)18-12-6-7-13-14(11-12)25-16(19-13)26(23,24)4-2/h1,6-7,11H,4-5,8-10H2,2H3,(H,18,22). The van der Waals surface area contributed by atoms with Gasteiger partial charge in [-0.05, 0) is 18.2 Å². The third kappa shape index (κ3) is 4.08. The highest BCUT2D eigenvalue weighted by molar-refractivity contribution is 7.93. The summed E-state index contributed by atoms with van der Waals surface area (Å²) in [5.41, 5.74) is 0.729. The first kappa shape index (κ1) is 18.5. The minimum absolute atomic E-state index is 0.00788. The molecule has 0 radical (unpaired) electrons. The Morgan fingerprint density at radius 2 is 2.12 bits per heavy atom. The SMILES string of the molecule is C#CCCC1(CCC(=O)Nc2ccc3nc(S(=O)(=O)CC)sc3c2)N=N1. The van der Waals surface area contributed by atoms with Gasteiger partial charge in [0.1, 0.15) is 0 Å². The topological polar surface area (TPSA) is 101 Å². The van der Waals surface area contributed by atoms with Gasteiger partial charge in [-0.3, -0.25) is 4.79 Å². The van der Waals surface area contributed by atoms with Crippen LogP contribution in [0.4, 0.5) is 5.69 Å². The molecule has 1 aliphatic heterocycles. The fourth-order valence-corrected chi connectivity index (χ4v) is 4.79. The van der Waals surface area contributed by atoms with Gasteiger partial charge in [0.05, 0.1) is 16.0 Å². The van der Waals surface area contributed by atoms with Crippen molar-refractivity contribution in [3.8, 4) is 12.3 Å². The number of amides is 1. The molecule has 1 amide bonds. The maximum absolute atomic E-state index is 12.2. The number of nitrogens with zero attached hydrogens (tertiary/aromatic N) is 3. The zero-order chi connectivity index (χ0) is 18.8. The van der Waals surface area contributed by atoms with Crippen LogP contribution in [0.2, 0.25) is 0 Å². The summed E-state index contributed by atoms with van der Waals surface area (Å²) >= 11 is 1.11. The summed E-state index contributed by atoms with van der Waals surface area (Å²) in [6, 6.07) is 5.15. The molecule has 0 fully saturated rings. The third-order valence-electron chi connectivity index (χ3n) is 4.10. The van der Waals surface area contributed by atoms with E-state index in [1.807, 2.05) is 0 Å². The third-order valence-corrected chi connectivity index (χ3v) is 7.31. The number of aromatic nitrogens is 1. The summed E-state index contributed by atoms with van der Waals surface area (Å²) in [4.78, 5) is 16.3. The molecule has 1 aromatic heterocycles. The fourth-order valence-electron chi connectivity index (χ4n) is 2.44. The second-order valence-corrected chi connectivity index (χ2v) is 9.48. The first-order chi connectivity index (χ1) is 12.4. The lowest BCUT2D eigenvalue weighted by Gasteiger charge is -2.09. The number of benzene rings is 1. The summed E-state index contributed by atoms with van der Waals surface area (Å²) in [7, 11) is -3.34. The molecule has 0 unspecified atom stereocenters. The van der Waals surface area contributed by atoms with E-state index < -0.39 is 15.5 Å². The van der Waals surface area contributed by atoms with Crippen LogP contribution in [0.5, 0.6) is 0 Å². The van der Waals surface area contributed by atoms with Gasteiger partial charge >= 0.3 is 0 Å². The van der Waals surface area contributed by atoms with E-state index in [0.717, 1.165) is 11.3 Å². The van der Waals surface area contributed by atoms with Crippen molar-refractivity contribution in [3.05, 3.63) is 18.2 Å². The lowest BCUT2D eigenvalue weighted by Crippen LogP contribution is -2.17. The highest BCUT2D eigenvalue weighted by atomic mass is 32.2. The van der Waals surface area contributed by atoms with Crippen molar-refractivity contribution in [2.45, 2.75) is 42.6 Å². The number of carbonyl (C=O) groups is 1. The number of hydrogen-bond donors (Lipinski definition) is 1. The number of nitrogens with one attached hydrogen (secondary N) is 1. The number of terminal acetylenes is 1. The molecule has 1 aliphatic rings. The molecule has 0 saturated heterocycles. The summed E-state index contributed by atoms with van der Waals surface area (Å²) in [6.45, 7) is 1.59. The molecule has 9 heteroatoms. The first-order valence-electron chi connectivity index (χ1n) is 8.18. The summed E-state index contributed by atoms with van der Waals surface area (Å²) in [5.74, 6) is 2.42. The Hall–Kier alpha value is -2.31. The van der Waals surface area contributed by atoms with Gasteiger partial charge in [-0.2, -0.15) is 10.2 Å². The number of thiazole rings is 1. The fraction of sp³-hybridized carbons (Fsp3) is 0.412. The van der Waals surface area contributed by atoms with Gasteiger partial charge in [0, 0.05) is 31.4 Å². The van der Waals surface area contributed by atoms with Crippen molar-refractivity contribution in [1.82, 2.24) is 4.98 Å². The molecule has 2 aromatic rings. The van der Waals surface area contributed by atoms with Crippen LogP contribution >= 0.6 is 11.3 Å². The number of sulfone groups is 1. The molecule has 136 valence electrons. The Labute approximate surface area is 155 Å². The summed E-state index contributed by atoms with van der Waals surface area (Å²) in [5, 5.41) is 10.8. The van der Waals surface area contributed by atoms with Crippen LogP contribution in [0.3, 0.4) is 0 Å². The predicted octanol–water partition coefficient (Wildman–Crippen LogP) is 3.38. The van der Waals surface area contributed by atoms with E-state index in [-0.39, 0.29) is 22.4 Å². The van der Waals surface area contributed by atoms with Gasteiger partial charge in [0.2, 0.25) is 20.1 Å². The van der Waals surface area contributed by atoms with Gasteiger partial charge in [0.25, 0.3) is 0 Å². The summed E-state index contributed by atoms with van der Waals surface area (Å²) in [6.07, 6.45) is 7.31. The summed E-state index contributed by atoms with van der Waals surface area (Å²) < 4.78 is 24.7. The molecule has 7 nitrogen and oxygen atoms in total. The number of hydrogen-bond acceptors (Lipinski definition) is 7. The van der Waals surface area contributed by atoms with E-state index in [9.17, 15) is 13.2 Å². The quantitative estimate of drug-likeness (QED) is 0.698. The Bertz CT molecular complexity index is 1010. The Kier molecular flexibility index (Phi) is 5.07. The second-order valence-electron chi connectivity index (χ2n) is 6.00. The minimum Gasteiger partial charge on any atom is -0.326 e. The van der Waals surface area contributed by atoms with E-state index >= 15 is 0 Å². The van der Waals surface area contributed by atoms with Crippen LogP contribution in [-0.4, -0.2) is 30.7 Å². The molecule has 1 N–H and O–H groups in total. The zero-order valence-electron chi connectivity index (χ0n) is 14.2. The zero-order valence-corrected chi connectivity index (χ0v) is 15.9. The molecule has 2 heterocycles. The molecular formula is C17H18N4O3S2. The smallest absolute Gasteiger partial charge is 0.224 e. The normalized spacial score (nSPS) is 14.9. The molecule has 26 heavy (non-hydrogen) atoms. The molecule has 0 bridgehead atoms. The van der Waals surface area contributed by atoms with Gasteiger partial charge in [-0.15, -0.1) is 23.7 Å². The lowest BCUT2D eigenvalue weighted by molar-refractivity contribution is -0.116.